The fourth-order valence-electron chi connectivity index (χ4n) is 3.22. The molecule has 0 unspecified atom stereocenters. The summed E-state index contributed by atoms with van der Waals surface area (Å²) < 4.78 is 0. The Hall–Kier alpha value is -1.91. The number of hydrogen-bond donors (Lipinski definition) is 2. The maximum atomic E-state index is 4.75. The predicted octanol–water partition coefficient (Wildman–Crippen LogP) is 2.86. The molecule has 0 amide bonds. The number of aliphatic imine (C=N–C) groups is 1. The highest BCUT2D eigenvalue weighted by atomic mass is 15.3. The summed E-state index contributed by atoms with van der Waals surface area (Å²) in [6.07, 6.45) is 2.18. The van der Waals surface area contributed by atoms with Gasteiger partial charge in [-0.3, -0.25) is 4.90 Å². The van der Waals surface area contributed by atoms with Gasteiger partial charge in [0.05, 0.1) is 5.71 Å². The van der Waals surface area contributed by atoms with E-state index < -0.39 is 0 Å². The molecule has 0 radical (unpaired) electrons. The fourth-order valence-corrected chi connectivity index (χ4v) is 3.22. The minimum atomic E-state index is 0.651. The number of allylic oxidation sites excluding steroid dienone is 1. The number of anilines is 1. The van der Waals surface area contributed by atoms with Gasteiger partial charge in [-0.05, 0) is 49.6 Å². The van der Waals surface area contributed by atoms with Crippen molar-refractivity contribution in [3.63, 3.8) is 0 Å². The molecule has 1 aromatic carbocycles. The van der Waals surface area contributed by atoms with Crippen molar-refractivity contribution < 1.29 is 0 Å². The Morgan fingerprint density at radius 2 is 1.96 bits per heavy atom. The molecule has 0 atom stereocenters. The molecule has 0 saturated carbocycles. The lowest BCUT2D eigenvalue weighted by molar-refractivity contribution is 0.191. The van der Waals surface area contributed by atoms with Crippen LogP contribution in [0.5, 0.6) is 0 Å². The first-order valence-electron chi connectivity index (χ1n) is 8.27. The van der Waals surface area contributed by atoms with E-state index in [0.717, 1.165) is 37.6 Å². The SMILES string of the molecule is C=C(/N=C1/CN(C2CNC2)C/C1=C/C)Nc1cc(C)cc(C)c1. The van der Waals surface area contributed by atoms with Gasteiger partial charge in [0.2, 0.25) is 0 Å². The molecule has 0 bridgehead atoms. The van der Waals surface area contributed by atoms with Crippen molar-refractivity contribution in [2.45, 2.75) is 26.8 Å². The van der Waals surface area contributed by atoms with E-state index in [2.05, 4.69) is 67.2 Å². The number of nitrogens with zero attached hydrogens (tertiary/aromatic N) is 2. The van der Waals surface area contributed by atoms with E-state index in [1.165, 1.54) is 16.7 Å². The summed E-state index contributed by atoms with van der Waals surface area (Å²) in [7, 11) is 0. The van der Waals surface area contributed by atoms with E-state index in [0.29, 0.717) is 11.9 Å². The molecule has 4 nitrogen and oxygen atoms in total. The number of likely N-dealkylation sites (tertiary alicyclic amines) is 1. The third-order valence-electron chi connectivity index (χ3n) is 4.50. The normalized spacial score (nSPS) is 22.6. The molecule has 2 N–H and O–H groups in total. The average Bonchev–Trinajstić information content (AvgIpc) is 2.77. The number of nitrogens with one attached hydrogen (secondary N) is 2. The van der Waals surface area contributed by atoms with E-state index >= 15 is 0 Å². The minimum absolute atomic E-state index is 0.651. The second-order valence-corrected chi connectivity index (χ2v) is 6.54. The van der Waals surface area contributed by atoms with Crippen molar-refractivity contribution in [1.29, 1.82) is 0 Å². The van der Waals surface area contributed by atoms with Crippen LogP contribution in [0.25, 0.3) is 0 Å². The Labute approximate surface area is 139 Å². The van der Waals surface area contributed by atoms with Gasteiger partial charge in [-0.1, -0.05) is 18.7 Å². The smallest absolute Gasteiger partial charge is 0.123 e. The lowest BCUT2D eigenvalue weighted by Crippen LogP contribution is -2.56. The summed E-state index contributed by atoms with van der Waals surface area (Å²) in [4.78, 5) is 7.25. The molecule has 23 heavy (non-hydrogen) atoms. The van der Waals surface area contributed by atoms with Crippen LogP contribution < -0.4 is 10.6 Å². The van der Waals surface area contributed by atoms with Gasteiger partial charge in [-0.2, -0.15) is 0 Å². The van der Waals surface area contributed by atoms with Gasteiger partial charge >= 0.3 is 0 Å². The van der Waals surface area contributed by atoms with Crippen molar-refractivity contribution in [2.24, 2.45) is 4.99 Å². The van der Waals surface area contributed by atoms with Crippen molar-refractivity contribution in [3.05, 3.63) is 53.4 Å². The first kappa shape index (κ1) is 16.0. The van der Waals surface area contributed by atoms with Crippen LogP contribution in [0, 0.1) is 13.8 Å². The van der Waals surface area contributed by atoms with Crippen LogP contribution in [0.2, 0.25) is 0 Å². The van der Waals surface area contributed by atoms with Gasteiger partial charge in [0.1, 0.15) is 5.82 Å². The zero-order chi connectivity index (χ0) is 16.4. The predicted molar refractivity (Wildman–Crippen MR) is 98.1 cm³/mol. The van der Waals surface area contributed by atoms with Gasteiger partial charge in [-0.15, -0.1) is 0 Å². The summed E-state index contributed by atoms with van der Waals surface area (Å²) in [5.74, 6) is 0.706. The van der Waals surface area contributed by atoms with Crippen molar-refractivity contribution >= 4 is 11.4 Å². The molecule has 122 valence electrons. The maximum Gasteiger partial charge on any atom is 0.123 e. The molecule has 2 aliphatic rings. The molecule has 0 aliphatic carbocycles. The van der Waals surface area contributed by atoms with E-state index in [4.69, 9.17) is 4.99 Å². The third kappa shape index (κ3) is 3.71. The van der Waals surface area contributed by atoms with Crippen molar-refractivity contribution in [1.82, 2.24) is 10.2 Å². The largest absolute Gasteiger partial charge is 0.341 e. The molecule has 1 aromatic rings. The van der Waals surface area contributed by atoms with E-state index in [9.17, 15) is 0 Å². The molecular weight excluding hydrogens is 284 g/mol. The summed E-state index contributed by atoms with van der Waals surface area (Å²) in [6, 6.07) is 7.06. The van der Waals surface area contributed by atoms with Crippen LogP contribution in [-0.4, -0.2) is 42.8 Å². The Kier molecular flexibility index (Phi) is 4.64. The summed E-state index contributed by atoms with van der Waals surface area (Å²) in [5, 5.41) is 6.67. The van der Waals surface area contributed by atoms with Crippen LogP contribution >= 0.6 is 0 Å². The molecule has 0 aromatic heterocycles. The highest BCUT2D eigenvalue weighted by molar-refractivity contribution is 6.04. The van der Waals surface area contributed by atoms with E-state index in [-0.39, 0.29) is 0 Å². The molecule has 0 spiro atoms. The first-order chi connectivity index (χ1) is 11.0. The van der Waals surface area contributed by atoms with E-state index in [1.54, 1.807) is 0 Å². The van der Waals surface area contributed by atoms with Crippen molar-refractivity contribution in [2.75, 3.05) is 31.5 Å². The van der Waals surface area contributed by atoms with Crippen molar-refractivity contribution in [3.8, 4) is 0 Å². The number of benzene rings is 1. The minimum Gasteiger partial charge on any atom is -0.341 e. The Morgan fingerprint density at radius 3 is 2.52 bits per heavy atom. The monoisotopic (exact) mass is 310 g/mol. The zero-order valence-electron chi connectivity index (χ0n) is 14.3. The van der Waals surface area contributed by atoms with Crippen LogP contribution in [0.15, 0.2) is 47.2 Å². The van der Waals surface area contributed by atoms with Crippen LogP contribution in [0.1, 0.15) is 18.1 Å². The third-order valence-corrected chi connectivity index (χ3v) is 4.50. The van der Waals surface area contributed by atoms with Gasteiger partial charge in [-0.25, -0.2) is 4.99 Å². The second kappa shape index (κ2) is 6.69. The number of aryl methyl sites for hydroxylation is 2. The molecule has 2 heterocycles. The van der Waals surface area contributed by atoms with Crippen LogP contribution in [0.4, 0.5) is 5.69 Å². The number of rotatable bonds is 4. The quantitative estimate of drug-likeness (QED) is 0.898. The van der Waals surface area contributed by atoms with Gasteiger partial charge in [0.25, 0.3) is 0 Å². The zero-order valence-corrected chi connectivity index (χ0v) is 14.3. The topological polar surface area (TPSA) is 39.7 Å². The standard InChI is InChI=1S/C19H26N4/c1-5-16-11-23(18-9-20-10-18)12-19(16)22-15(4)21-17-7-13(2)6-14(3)8-17/h5-8,18,20-21H,4,9-12H2,1-3H3/b16-5-,22-19-. The summed E-state index contributed by atoms with van der Waals surface area (Å²) in [6.45, 7) is 14.5. The highest BCUT2D eigenvalue weighted by Gasteiger charge is 2.31. The molecule has 2 fully saturated rings. The van der Waals surface area contributed by atoms with Gasteiger partial charge in [0, 0.05) is 37.9 Å². The second-order valence-electron chi connectivity index (χ2n) is 6.54. The lowest BCUT2D eigenvalue weighted by atomic mass is 10.1. The average molecular weight is 310 g/mol. The Bertz CT molecular complexity index is 648. The Morgan fingerprint density at radius 1 is 1.26 bits per heavy atom. The summed E-state index contributed by atoms with van der Waals surface area (Å²) >= 11 is 0. The molecule has 2 aliphatic heterocycles. The molecule has 4 heteroatoms. The highest BCUT2D eigenvalue weighted by Crippen LogP contribution is 2.20. The molecule has 3 rings (SSSR count). The van der Waals surface area contributed by atoms with Gasteiger partial charge < -0.3 is 10.6 Å². The Balaban J connectivity index is 1.70. The fraction of sp³-hybridized carbons (Fsp3) is 0.421. The first-order valence-corrected chi connectivity index (χ1v) is 8.27. The molecule has 2 saturated heterocycles. The lowest BCUT2D eigenvalue weighted by Gasteiger charge is -2.34. The van der Waals surface area contributed by atoms with E-state index in [1.807, 2.05) is 0 Å². The maximum absolute atomic E-state index is 4.75. The number of hydrogen-bond acceptors (Lipinski definition) is 4. The van der Waals surface area contributed by atoms with Crippen LogP contribution in [0.3, 0.4) is 0 Å². The molecular formula is C19H26N4. The summed E-state index contributed by atoms with van der Waals surface area (Å²) in [5.41, 5.74) is 6.00. The van der Waals surface area contributed by atoms with Gasteiger partial charge in [0.15, 0.2) is 0 Å². The van der Waals surface area contributed by atoms with Crippen LogP contribution in [-0.2, 0) is 0 Å².